The molecule has 25 heavy (non-hydrogen) atoms. The first-order valence-corrected chi connectivity index (χ1v) is 9.65. The highest BCUT2D eigenvalue weighted by molar-refractivity contribution is 9.11. The molecule has 0 saturated carbocycles. The molecule has 0 unspecified atom stereocenters. The summed E-state index contributed by atoms with van der Waals surface area (Å²) < 4.78 is 8.07. The van der Waals surface area contributed by atoms with Gasteiger partial charge in [0.25, 0.3) is 0 Å². The van der Waals surface area contributed by atoms with Crippen LogP contribution in [0.5, 0.6) is 5.75 Å². The molecule has 0 heterocycles. The zero-order valence-electron chi connectivity index (χ0n) is 13.9. The molecule has 0 saturated heterocycles. The minimum Gasteiger partial charge on any atom is -0.487 e. The van der Waals surface area contributed by atoms with Gasteiger partial charge < -0.3 is 10.1 Å². The number of hydrogen-bond acceptors (Lipinski definition) is 2. The summed E-state index contributed by atoms with van der Waals surface area (Å²) in [5.41, 5.74) is 4.59. The Morgan fingerprint density at radius 3 is 2.36 bits per heavy atom. The maximum Gasteiger partial charge on any atom is 0.139 e. The summed E-state index contributed by atoms with van der Waals surface area (Å²) in [6.07, 6.45) is 0. The number of rotatable bonds is 6. The van der Waals surface area contributed by atoms with Crippen molar-refractivity contribution in [1.82, 2.24) is 0 Å². The van der Waals surface area contributed by atoms with Gasteiger partial charge in [0.1, 0.15) is 12.4 Å². The third-order valence-corrected chi connectivity index (χ3v) is 4.89. The zero-order chi connectivity index (χ0) is 17.6. The van der Waals surface area contributed by atoms with E-state index in [2.05, 4.69) is 86.6 Å². The highest BCUT2D eigenvalue weighted by Gasteiger charge is 2.11. The average Bonchev–Trinajstić information content (AvgIpc) is 2.61. The van der Waals surface area contributed by atoms with Gasteiger partial charge in [-0.2, -0.15) is 0 Å². The summed E-state index contributed by atoms with van der Waals surface area (Å²) >= 11 is 7.19. The van der Waals surface area contributed by atoms with Crippen LogP contribution in [-0.4, -0.2) is 0 Å². The fourth-order valence-corrected chi connectivity index (χ4v) is 3.93. The first kappa shape index (κ1) is 18.0. The normalized spacial score (nSPS) is 10.5. The number of nitrogens with one attached hydrogen (secondary N) is 1. The largest absolute Gasteiger partial charge is 0.487 e. The Labute approximate surface area is 165 Å². The van der Waals surface area contributed by atoms with Crippen molar-refractivity contribution in [2.24, 2.45) is 0 Å². The first-order chi connectivity index (χ1) is 12.1. The van der Waals surface area contributed by atoms with Gasteiger partial charge in [-0.25, -0.2) is 0 Å². The molecule has 0 atom stereocenters. The average molecular weight is 461 g/mol. The van der Waals surface area contributed by atoms with Crippen LogP contribution in [0.1, 0.15) is 16.7 Å². The predicted octanol–water partition coefficient (Wildman–Crippen LogP) is 6.71. The highest BCUT2D eigenvalue weighted by Crippen LogP contribution is 2.34. The molecule has 0 radical (unpaired) electrons. The monoisotopic (exact) mass is 459 g/mol. The number of ether oxygens (including phenoxy) is 1. The van der Waals surface area contributed by atoms with Crippen LogP contribution in [0.3, 0.4) is 0 Å². The molecule has 4 heteroatoms. The second-order valence-corrected chi connectivity index (χ2v) is 7.64. The van der Waals surface area contributed by atoms with E-state index >= 15 is 0 Å². The van der Waals surface area contributed by atoms with Crippen molar-refractivity contribution < 1.29 is 4.74 Å². The molecule has 128 valence electrons. The fraction of sp³-hybridized carbons (Fsp3) is 0.143. The van der Waals surface area contributed by atoms with Crippen molar-refractivity contribution in [2.45, 2.75) is 20.1 Å². The Kier molecular flexibility index (Phi) is 6.16. The second kappa shape index (κ2) is 8.54. The van der Waals surface area contributed by atoms with E-state index in [1.165, 1.54) is 5.56 Å². The molecule has 0 amide bonds. The Morgan fingerprint density at radius 2 is 1.64 bits per heavy atom. The van der Waals surface area contributed by atoms with E-state index in [0.717, 1.165) is 31.5 Å². The van der Waals surface area contributed by atoms with Crippen molar-refractivity contribution in [2.75, 3.05) is 5.32 Å². The Bertz CT molecular complexity index is 833. The number of anilines is 1. The molecular weight excluding hydrogens is 442 g/mol. The number of halogens is 2. The molecule has 0 fully saturated rings. The number of aryl methyl sites for hydroxylation is 1. The standard InChI is InChI=1S/C21H19Br2NO/c1-15-7-9-19(10-8-15)24-13-17-11-18(22)12-20(23)21(17)25-14-16-5-3-2-4-6-16/h2-12,24H,13-14H2,1H3. The van der Waals surface area contributed by atoms with Crippen molar-refractivity contribution in [3.63, 3.8) is 0 Å². The van der Waals surface area contributed by atoms with E-state index in [-0.39, 0.29) is 0 Å². The Hall–Kier alpha value is -1.78. The van der Waals surface area contributed by atoms with E-state index in [9.17, 15) is 0 Å². The lowest BCUT2D eigenvalue weighted by Gasteiger charge is -2.15. The van der Waals surface area contributed by atoms with E-state index in [0.29, 0.717) is 13.2 Å². The molecule has 3 rings (SSSR count). The van der Waals surface area contributed by atoms with Crippen LogP contribution in [0, 0.1) is 6.92 Å². The fourth-order valence-electron chi connectivity index (χ4n) is 2.51. The quantitative estimate of drug-likeness (QED) is 0.441. The smallest absolute Gasteiger partial charge is 0.139 e. The topological polar surface area (TPSA) is 21.3 Å². The lowest BCUT2D eigenvalue weighted by Crippen LogP contribution is -2.04. The Morgan fingerprint density at radius 1 is 0.920 bits per heavy atom. The van der Waals surface area contributed by atoms with E-state index in [1.54, 1.807) is 0 Å². The molecule has 0 aromatic heterocycles. The third kappa shape index (κ3) is 5.10. The van der Waals surface area contributed by atoms with Gasteiger partial charge in [-0.3, -0.25) is 0 Å². The lowest BCUT2D eigenvalue weighted by molar-refractivity contribution is 0.301. The van der Waals surface area contributed by atoms with Crippen LogP contribution in [0.2, 0.25) is 0 Å². The summed E-state index contributed by atoms with van der Waals surface area (Å²) in [6.45, 7) is 3.31. The molecule has 3 aromatic carbocycles. The lowest BCUT2D eigenvalue weighted by atomic mass is 10.1. The zero-order valence-corrected chi connectivity index (χ0v) is 17.1. The molecule has 0 aliphatic rings. The van der Waals surface area contributed by atoms with Crippen molar-refractivity contribution >= 4 is 37.5 Å². The van der Waals surface area contributed by atoms with Crippen LogP contribution in [-0.2, 0) is 13.2 Å². The minimum atomic E-state index is 0.540. The molecule has 3 aromatic rings. The number of hydrogen-bond donors (Lipinski definition) is 1. The van der Waals surface area contributed by atoms with E-state index in [4.69, 9.17) is 4.74 Å². The van der Waals surface area contributed by atoms with Crippen molar-refractivity contribution in [3.8, 4) is 5.75 Å². The number of benzene rings is 3. The molecule has 2 nitrogen and oxygen atoms in total. The Balaban J connectivity index is 1.76. The molecule has 0 aliphatic carbocycles. The van der Waals surface area contributed by atoms with Gasteiger partial charge in [0, 0.05) is 22.3 Å². The van der Waals surface area contributed by atoms with Crippen molar-refractivity contribution in [3.05, 3.63) is 92.4 Å². The van der Waals surface area contributed by atoms with Crippen LogP contribution in [0.15, 0.2) is 75.7 Å². The molecular formula is C21H19Br2NO. The van der Waals surface area contributed by atoms with E-state index < -0.39 is 0 Å². The van der Waals surface area contributed by atoms with Gasteiger partial charge in [-0.05, 0) is 52.7 Å². The predicted molar refractivity (Wildman–Crippen MR) is 111 cm³/mol. The maximum atomic E-state index is 6.11. The molecule has 0 aliphatic heterocycles. The van der Waals surface area contributed by atoms with E-state index in [1.807, 2.05) is 24.3 Å². The SMILES string of the molecule is Cc1ccc(NCc2cc(Br)cc(Br)c2OCc2ccccc2)cc1. The summed E-state index contributed by atoms with van der Waals surface area (Å²) in [6, 6.07) is 22.7. The van der Waals surface area contributed by atoms with Gasteiger partial charge in [-0.1, -0.05) is 64.0 Å². The molecule has 0 bridgehead atoms. The van der Waals surface area contributed by atoms with Crippen molar-refractivity contribution in [1.29, 1.82) is 0 Å². The van der Waals surface area contributed by atoms with Gasteiger partial charge in [-0.15, -0.1) is 0 Å². The van der Waals surface area contributed by atoms with Gasteiger partial charge in [0.2, 0.25) is 0 Å². The molecule has 1 N–H and O–H groups in total. The molecule has 0 spiro atoms. The van der Waals surface area contributed by atoms with Gasteiger partial charge in [0.05, 0.1) is 4.47 Å². The second-order valence-electron chi connectivity index (χ2n) is 5.87. The van der Waals surface area contributed by atoms with Crippen LogP contribution >= 0.6 is 31.9 Å². The van der Waals surface area contributed by atoms with Crippen LogP contribution in [0.4, 0.5) is 5.69 Å². The van der Waals surface area contributed by atoms with Crippen LogP contribution in [0.25, 0.3) is 0 Å². The highest BCUT2D eigenvalue weighted by atomic mass is 79.9. The minimum absolute atomic E-state index is 0.540. The summed E-state index contributed by atoms with van der Waals surface area (Å²) in [7, 11) is 0. The third-order valence-electron chi connectivity index (χ3n) is 3.85. The summed E-state index contributed by atoms with van der Waals surface area (Å²) in [5, 5.41) is 3.46. The first-order valence-electron chi connectivity index (χ1n) is 8.07. The van der Waals surface area contributed by atoms with Crippen LogP contribution < -0.4 is 10.1 Å². The van der Waals surface area contributed by atoms with Gasteiger partial charge in [0.15, 0.2) is 0 Å². The van der Waals surface area contributed by atoms with Gasteiger partial charge >= 0.3 is 0 Å². The maximum absolute atomic E-state index is 6.11. The summed E-state index contributed by atoms with van der Waals surface area (Å²) in [5.74, 6) is 0.867. The summed E-state index contributed by atoms with van der Waals surface area (Å²) in [4.78, 5) is 0.